The average Bonchev–Trinajstić information content (AvgIpc) is 2.16. The molecule has 0 amide bonds. The first kappa shape index (κ1) is 13.8. The van der Waals surface area contributed by atoms with Crippen LogP contribution in [0.15, 0.2) is 36.4 Å². The van der Waals surface area contributed by atoms with Crippen molar-refractivity contribution in [2.24, 2.45) is 0 Å². The monoisotopic (exact) mass is 364 g/mol. The molecule has 0 nitrogen and oxygen atoms in total. The van der Waals surface area contributed by atoms with E-state index < -0.39 is 11.3 Å². The van der Waals surface area contributed by atoms with Gasteiger partial charge in [-0.3, -0.25) is 0 Å². The normalized spacial score (nSPS) is 14.0. The van der Waals surface area contributed by atoms with Gasteiger partial charge in [0.05, 0.1) is 0 Å². The first-order valence-corrected chi connectivity index (χ1v) is 5.58. The maximum Gasteiger partial charge on any atom is 0.387 e. The van der Waals surface area contributed by atoms with Gasteiger partial charge in [-0.2, -0.15) is 17.6 Å². The number of hydrogen-bond acceptors (Lipinski definition) is 0. The summed E-state index contributed by atoms with van der Waals surface area (Å²) in [5, 5.41) is -4.59. The van der Waals surface area contributed by atoms with Crippen LogP contribution < -0.4 is 0 Å². The van der Waals surface area contributed by atoms with E-state index in [1.807, 2.05) is 0 Å². The fourth-order valence-corrected chi connectivity index (χ4v) is 1.73. The summed E-state index contributed by atoms with van der Waals surface area (Å²) < 4.78 is 50.5. The minimum Gasteiger partial charge on any atom is -0.193 e. The third-order valence-electron chi connectivity index (χ3n) is 1.74. The van der Waals surface area contributed by atoms with E-state index in [0.717, 1.165) is 0 Å². The summed E-state index contributed by atoms with van der Waals surface area (Å²) in [6, 6.07) is 8.03. The van der Waals surface area contributed by atoms with Gasteiger partial charge >= 0.3 is 11.3 Å². The molecule has 0 atom stereocenters. The molecule has 0 spiro atoms. The summed E-state index contributed by atoms with van der Waals surface area (Å²) in [6.07, 6.45) is 0.163. The van der Waals surface area contributed by atoms with Crippen molar-refractivity contribution < 1.29 is 17.6 Å². The zero-order valence-corrected chi connectivity index (χ0v) is 10.6. The molecule has 0 saturated heterocycles. The number of hydrogen-bond donors (Lipinski definition) is 0. The molecule has 0 fully saturated rings. The minimum absolute atomic E-state index is 0.0172. The van der Waals surface area contributed by atoms with E-state index in [0.29, 0.717) is 5.56 Å². The zero-order valence-electron chi connectivity index (χ0n) is 7.73. The molecule has 1 aromatic carbocycles. The predicted molar refractivity (Wildman–Crippen MR) is 64.2 cm³/mol. The Morgan fingerprint density at radius 3 is 2.06 bits per heavy atom. The molecule has 0 saturated carbocycles. The summed E-state index contributed by atoms with van der Waals surface area (Å²) in [5.74, 6) is -4.37. The van der Waals surface area contributed by atoms with Crippen molar-refractivity contribution in [3.8, 4) is 0 Å². The van der Waals surface area contributed by atoms with Crippen LogP contribution in [0.25, 0.3) is 3.58 Å². The van der Waals surface area contributed by atoms with Gasteiger partial charge in [-0.1, -0.05) is 30.3 Å². The van der Waals surface area contributed by atoms with E-state index in [1.165, 1.54) is 0 Å². The lowest BCUT2D eigenvalue weighted by molar-refractivity contribution is -0.121. The van der Waals surface area contributed by atoms with Gasteiger partial charge in [0, 0.05) is 9.66 Å². The van der Waals surface area contributed by atoms with Crippen molar-refractivity contribution >= 4 is 37.8 Å². The second kappa shape index (κ2) is 4.91. The Morgan fingerprint density at radius 2 is 1.62 bits per heavy atom. The summed E-state index contributed by atoms with van der Waals surface area (Å²) in [5.41, 5.74) is 0.434. The van der Waals surface area contributed by atoms with Gasteiger partial charge in [-0.15, -0.1) is 0 Å². The molecule has 0 heterocycles. The van der Waals surface area contributed by atoms with Crippen molar-refractivity contribution in [2.45, 2.75) is 11.3 Å². The molecule has 0 unspecified atom stereocenters. The van der Waals surface area contributed by atoms with Gasteiger partial charge < -0.3 is 0 Å². The summed E-state index contributed by atoms with van der Waals surface area (Å²) in [4.78, 5) is 0. The molecule has 0 aromatic heterocycles. The average molecular weight is 365 g/mol. The molecule has 88 valence electrons. The van der Waals surface area contributed by atoms with Gasteiger partial charge in [-0.05, 0) is 39.8 Å². The molecule has 0 aliphatic rings. The maximum atomic E-state index is 12.9. The van der Waals surface area contributed by atoms with E-state index in [-0.39, 0.29) is 9.66 Å². The molecule has 0 N–H and O–H groups in total. The van der Waals surface area contributed by atoms with Crippen molar-refractivity contribution in [2.75, 3.05) is 0 Å². The van der Waals surface area contributed by atoms with Gasteiger partial charge in [0.2, 0.25) is 0 Å². The Kier molecular flexibility index (Phi) is 4.23. The quantitative estimate of drug-likeness (QED) is 0.405. The highest BCUT2D eigenvalue weighted by Gasteiger charge is 2.53. The Balaban J connectivity index is 3.03. The fraction of sp³-hybridized carbons (Fsp3) is 0.200. The van der Waals surface area contributed by atoms with Gasteiger partial charge in [0.25, 0.3) is 0 Å². The Morgan fingerprint density at radius 1 is 1.12 bits per heavy atom. The van der Waals surface area contributed by atoms with Gasteiger partial charge in [0.1, 0.15) is 0 Å². The fourth-order valence-electron chi connectivity index (χ4n) is 0.922. The minimum atomic E-state index is -4.59. The highest BCUT2D eigenvalue weighted by Crippen LogP contribution is 2.41. The Labute approximate surface area is 108 Å². The van der Waals surface area contributed by atoms with Crippen molar-refractivity contribution in [1.29, 1.82) is 0 Å². The van der Waals surface area contributed by atoms with Crippen LogP contribution in [0.3, 0.4) is 0 Å². The summed E-state index contributed by atoms with van der Waals surface area (Å²) >= 11 is 5.89. The predicted octanol–water partition coefficient (Wildman–Crippen LogP) is 4.93. The molecular formula is C10H6ClF4I. The molecule has 6 heteroatoms. The topological polar surface area (TPSA) is 0 Å². The van der Waals surface area contributed by atoms with Gasteiger partial charge in [0.15, 0.2) is 0 Å². The van der Waals surface area contributed by atoms with Crippen LogP contribution in [0, 0.1) is 0 Å². The van der Waals surface area contributed by atoms with E-state index in [9.17, 15) is 17.6 Å². The molecule has 1 rings (SSSR count). The van der Waals surface area contributed by atoms with Crippen LogP contribution in [-0.4, -0.2) is 11.3 Å². The molecule has 0 aliphatic carbocycles. The van der Waals surface area contributed by atoms with E-state index in [4.69, 9.17) is 0 Å². The smallest absolute Gasteiger partial charge is 0.193 e. The van der Waals surface area contributed by atoms with Gasteiger partial charge in [-0.25, -0.2) is 0 Å². The standard InChI is InChI=1S/C10H6ClF4I/c11-10(14,15)9(12,13)6-8(16)7-4-2-1-3-5-7/h1-6H/b8-6-. The number of rotatable bonds is 3. The van der Waals surface area contributed by atoms with Crippen LogP contribution in [0.5, 0.6) is 0 Å². The van der Waals surface area contributed by atoms with E-state index in [1.54, 1.807) is 52.9 Å². The Hall–Kier alpha value is -0.300. The molecule has 16 heavy (non-hydrogen) atoms. The largest absolute Gasteiger partial charge is 0.387 e. The first-order valence-electron chi connectivity index (χ1n) is 4.12. The molecule has 1 aromatic rings. The number of alkyl halides is 5. The van der Waals surface area contributed by atoms with Crippen molar-refractivity contribution in [3.05, 3.63) is 42.0 Å². The maximum absolute atomic E-state index is 12.9. The van der Waals surface area contributed by atoms with Crippen LogP contribution in [0.1, 0.15) is 5.56 Å². The molecule has 0 bridgehead atoms. The second-order valence-electron chi connectivity index (χ2n) is 2.98. The van der Waals surface area contributed by atoms with Crippen LogP contribution in [0.2, 0.25) is 0 Å². The second-order valence-corrected chi connectivity index (χ2v) is 4.62. The number of allylic oxidation sites excluding steroid dienone is 1. The first-order chi connectivity index (χ1) is 7.24. The van der Waals surface area contributed by atoms with Crippen LogP contribution in [0.4, 0.5) is 17.6 Å². The lowest BCUT2D eigenvalue weighted by atomic mass is 10.2. The third-order valence-corrected chi connectivity index (χ3v) is 2.92. The van der Waals surface area contributed by atoms with E-state index in [2.05, 4.69) is 11.6 Å². The number of benzene rings is 1. The van der Waals surface area contributed by atoms with Crippen molar-refractivity contribution in [3.63, 3.8) is 0 Å². The lowest BCUT2D eigenvalue weighted by Crippen LogP contribution is -2.33. The van der Waals surface area contributed by atoms with E-state index >= 15 is 0 Å². The molecule has 0 radical (unpaired) electrons. The van der Waals surface area contributed by atoms with Crippen LogP contribution >= 0.6 is 34.2 Å². The summed E-state index contributed by atoms with van der Waals surface area (Å²) in [7, 11) is 0. The van der Waals surface area contributed by atoms with Crippen molar-refractivity contribution in [1.82, 2.24) is 0 Å². The highest BCUT2D eigenvalue weighted by atomic mass is 127. The number of halogens is 6. The lowest BCUT2D eigenvalue weighted by Gasteiger charge is -2.17. The summed E-state index contributed by atoms with van der Waals surface area (Å²) in [6.45, 7) is 0. The SMILES string of the molecule is FC(F)(Cl)C(F)(F)/C=C(\I)c1ccccc1. The molecular weight excluding hydrogens is 358 g/mol. The molecule has 0 aliphatic heterocycles. The Bertz CT molecular complexity index is 384. The van der Waals surface area contributed by atoms with Crippen LogP contribution in [-0.2, 0) is 0 Å². The third kappa shape index (κ3) is 3.35. The zero-order chi connectivity index (χ0) is 12.4. The highest BCUT2D eigenvalue weighted by molar-refractivity contribution is 14.1.